The number of ketones is 1. The smallest absolute Gasteiger partial charge is 0.326 e. The van der Waals surface area contributed by atoms with Gasteiger partial charge in [0.15, 0.2) is 0 Å². The Morgan fingerprint density at radius 1 is 1.42 bits per heavy atom. The third-order valence-corrected chi connectivity index (χ3v) is 4.11. The monoisotopic (exact) mass is 284 g/mol. The topological polar surface area (TPSA) is 101 Å². The average molecular weight is 284 g/mol. The number of nitro groups is 1. The first-order chi connectivity index (χ1) is 8.99. The number of piperidine rings is 1. The van der Waals surface area contributed by atoms with E-state index in [1.54, 1.807) is 4.90 Å². The van der Waals surface area contributed by atoms with Crippen molar-refractivity contribution in [3.05, 3.63) is 27.1 Å². The van der Waals surface area contributed by atoms with Gasteiger partial charge in [-0.1, -0.05) is 11.3 Å². The molecule has 1 aromatic heterocycles. The van der Waals surface area contributed by atoms with Crippen molar-refractivity contribution in [3.63, 3.8) is 0 Å². The number of hydrogen-bond donors (Lipinski definition) is 1. The number of carboxylic acid groups (broad SMARTS) is 1. The summed E-state index contributed by atoms with van der Waals surface area (Å²) >= 11 is 0.865. The summed E-state index contributed by atoms with van der Waals surface area (Å²) < 4.78 is 0. The van der Waals surface area contributed by atoms with E-state index in [-0.39, 0.29) is 10.8 Å². The molecule has 0 aromatic carbocycles. The lowest BCUT2D eigenvalue weighted by Gasteiger charge is -2.30. The van der Waals surface area contributed by atoms with Gasteiger partial charge in [-0.25, -0.2) is 0 Å². The zero-order valence-electron chi connectivity index (χ0n) is 9.94. The number of hydrogen-bond acceptors (Lipinski definition) is 6. The van der Waals surface area contributed by atoms with E-state index in [0.717, 1.165) is 11.3 Å². The van der Waals surface area contributed by atoms with Crippen LogP contribution >= 0.6 is 11.3 Å². The Labute approximate surface area is 112 Å². The van der Waals surface area contributed by atoms with E-state index in [4.69, 9.17) is 0 Å². The standard InChI is InChI=1S/C11H12N2O5S/c14-7-3-5-12(6-4-7)10(11(15)16)8-1-2-9(19-8)13(17)18/h1-2,10H,3-6H2,(H,15,16). The number of carbonyl (C=O) groups is 2. The summed E-state index contributed by atoms with van der Waals surface area (Å²) in [6, 6.07) is 1.87. The molecule has 1 aliphatic heterocycles. The molecule has 2 heterocycles. The van der Waals surface area contributed by atoms with Gasteiger partial charge >= 0.3 is 11.0 Å². The molecule has 2 rings (SSSR count). The molecule has 7 nitrogen and oxygen atoms in total. The van der Waals surface area contributed by atoms with Gasteiger partial charge in [-0.15, -0.1) is 0 Å². The summed E-state index contributed by atoms with van der Waals surface area (Å²) in [5, 5.41) is 19.9. The van der Waals surface area contributed by atoms with Crippen molar-refractivity contribution in [3.8, 4) is 0 Å². The van der Waals surface area contributed by atoms with Crippen LogP contribution in [0.1, 0.15) is 23.8 Å². The van der Waals surface area contributed by atoms with E-state index in [1.807, 2.05) is 0 Å². The summed E-state index contributed by atoms with van der Waals surface area (Å²) in [6.07, 6.45) is 0.661. The fraction of sp³-hybridized carbons (Fsp3) is 0.455. The minimum absolute atomic E-state index is 0.0747. The molecule has 0 radical (unpaired) electrons. The molecule has 0 aliphatic carbocycles. The van der Waals surface area contributed by atoms with Gasteiger partial charge in [0, 0.05) is 36.9 Å². The van der Waals surface area contributed by atoms with E-state index in [9.17, 15) is 24.8 Å². The molecule has 0 saturated carbocycles. The van der Waals surface area contributed by atoms with E-state index in [1.165, 1.54) is 12.1 Å². The lowest BCUT2D eigenvalue weighted by Crippen LogP contribution is -2.39. The molecular formula is C11H12N2O5S. The Balaban J connectivity index is 2.21. The lowest BCUT2D eigenvalue weighted by atomic mass is 10.1. The van der Waals surface area contributed by atoms with Crippen LogP contribution in [0.25, 0.3) is 0 Å². The predicted molar refractivity (Wildman–Crippen MR) is 67.2 cm³/mol. The maximum atomic E-state index is 11.4. The van der Waals surface area contributed by atoms with Crippen molar-refractivity contribution in [2.45, 2.75) is 18.9 Å². The zero-order valence-corrected chi connectivity index (χ0v) is 10.8. The minimum atomic E-state index is -1.05. The SMILES string of the molecule is O=C1CCN(C(C(=O)O)c2ccc([N+](=O)[O-])s2)CC1. The van der Waals surface area contributed by atoms with Crippen molar-refractivity contribution in [2.75, 3.05) is 13.1 Å². The van der Waals surface area contributed by atoms with Crippen LogP contribution in [0.5, 0.6) is 0 Å². The second-order valence-electron chi connectivity index (χ2n) is 4.25. The number of likely N-dealkylation sites (tertiary alicyclic amines) is 1. The number of Topliss-reactive ketones (excluding diaryl/α,β-unsaturated/α-hetero) is 1. The van der Waals surface area contributed by atoms with Crippen molar-refractivity contribution in [1.82, 2.24) is 4.90 Å². The molecule has 1 aliphatic rings. The normalized spacial score (nSPS) is 18.2. The Morgan fingerprint density at radius 2 is 2.05 bits per heavy atom. The van der Waals surface area contributed by atoms with Crippen molar-refractivity contribution >= 4 is 28.1 Å². The summed E-state index contributed by atoms with van der Waals surface area (Å²) in [5.41, 5.74) is 0. The van der Waals surface area contributed by atoms with Gasteiger partial charge in [-0.2, -0.15) is 0 Å². The lowest BCUT2D eigenvalue weighted by molar-refractivity contribution is -0.380. The molecule has 1 atom stereocenters. The van der Waals surface area contributed by atoms with Crippen LogP contribution in [0, 0.1) is 10.1 Å². The van der Waals surface area contributed by atoms with Gasteiger partial charge in [0.2, 0.25) is 0 Å². The van der Waals surface area contributed by atoms with Crippen molar-refractivity contribution < 1.29 is 19.6 Å². The fourth-order valence-corrected chi connectivity index (χ4v) is 3.03. The molecule has 19 heavy (non-hydrogen) atoms. The number of aliphatic carboxylic acids is 1. The number of carbonyl (C=O) groups excluding carboxylic acids is 1. The highest BCUT2D eigenvalue weighted by atomic mass is 32.1. The van der Waals surface area contributed by atoms with Crippen LogP contribution in [0.4, 0.5) is 5.00 Å². The number of rotatable bonds is 4. The van der Waals surface area contributed by atoms with Gasteiger partial charge in [0.25, 0.3) is 0 Å². The summed E-state index contributed by atoms with van der Waals surface area (Å²) in [6.45, 7) is 0.753. The third kappa shape index (κ3) is 2.96. The molecule has 1 N–H and O–H groups in total. The highest BCUT2D eigenvalue weighted by Gasteiger charge is 2.32. The maximum absolute atomic E-state index is 11.4. The van der Waals surface area contributed by atoms with Gasteiger partial charge in [-0.05, 0) is 6.07 Å². The van der Waals surface area contributed by atoms with Crippen LogP contribution in [0.2, 0.25) is 0 Å². The van der Waals surface area contributed by atoms with E-state index in [0.29, 0.717) is 30.8 Å². The molecule has 0 spiro atoms. The van der Waals surface area contributed by atoms with Crippen LogP contribution in [-0.4, -0.2) is 39.8 Å². The van der Waals surface area contributed by atoms with Gasteiger partial charge in [0.05, 0.1) is 4.92 Å². The summed E-state index contributed by atoms with van der Waals surface area (Å²) in [7, 11) is 0. The predicted octanol–water partition coefficient (Wildman–Crippen LogP) is 1.45. The van der Waals surface area contributed by atoms with Crippen LogP contribution in [0.3, 0.4) is 0 Å². The van der Waals surface area contributed by atoms with E-state index >= 15 is 0 Å². The number of nitrogens with zero attached hydrogens (tertiary/aromatic N) is 2. The number of thiophene rings is 1. The van der Waals surface area contributed by atoms with Crippen molar-refractivity contribution in [1.29, 1.82) is 0 Å². The molecule has 8 heteroatoms. The third-order valence-electron chi connectivity index (χ3n) is 3.02. The first-order valence-electron chi connectivity index (χ1n) is 5.71. The first kappa shape index (κ1) is 13.6. The molecular weight excluding hydrogens is 272 g/mol. The second kappa shape index (κ2) is 5.45. The average Bonchev–Trinajstić information content (AvgIpc) is 2.81. The zero-order chi connectivity index (χ0) is 14.0. The van der Waals surface area contributed by atoms with Gasteiger partial charge < -0.3 is 5.11 Å². The minimum Gasteiger partial charge on any atom is -0.480 e. The molecule has 0 bridgehead atoms. The van der Waals surface area contributed by atoms with Crippen LogP contribution in [0.15, 0.2) is 12.1 Å². The summed E-state index contributed by atoms with van der Waals surface area (Å²) in [4.78, 5) is 34.7. The Kier molecular flexibility index (Phi) is 3.91. The number of carboxylic acids is 1. The Morgan fingerprint density at radius 3 is 2.53 bits per heavy atom. The maximum Gasteiger partial charge on any atom is 0.326 e. The summed E-state index contributed by atoms with van der Waals surface area (Å²) in [5.74, 6) is -0.927. The molecule has 0 amide bonds. The van der Waals surface area contributed by atoms with Crippen LogP contribution < -0.4 is 0 Å². The van der Waals surface area contributed by atoms with Crippen LogP contribution in [-0.2, 0) is 9.59 Å². The molecule has 1 aromatic rings. The Bertz CT molecular complexity index is 517. The van der Waals surface area contributed by atoms with Gasteiger partial charge in [0.1, 0.15) is 11.8 Å². The van der Waals surface area contributed by atoms with E-state index < -0.39 is 16.9 Å². The Hall–Kier alpha value is -1.80. The van der Waals surface area contributed by atoms with E-state index in [2.05, 4.69) is 0 Å². The molecule has 1 fully saturated rings. The quantitative estimate of drug-likeness (QED) is 0.663. The highest BCUT2D eigenvalue weighted by Crippen LogP contribution is 2.33. The highest BCUT2D eigenvalue weighted by molar-refractivity contribution is 7.15. The molecule has 102 valence electrons. The largest absolute Gasteiger partial charge is 0.480 e. The molecule has 1 unspecified atom stereocenters. The fourth-order valence-electron chi connectivity index (χ4n) is 2.08. The first-order valence-corrected chi connectivity index (χ1v) is 6.53. The van der Waals surface area contributed by atoms with Crippen molar-refractivity contribution in [2.24, 2.45) is 0 Å². The second-order valence-corrected chi connectivity index (χ2v) is 5.34. The molecule has 1 saturated heterocycles. The van der Waals surface area contributed by atoms with Gasteiger partial charge in [-0.3, -0.25) is 24.6 Å².